The van der Waals surface area contributed by atoms with Crippen molar-refractivity contribution < 1.29 is 9.53 Å². The first-order chi connectivity index (χ1) is 7.70. The lowest BCUT2D eigenvalue weighted by atomic mass is 10.3. The van der Waals surface area contributed by atoms with Crippen molar-refractivity contribution in [2.45, 2.75) is 13.5 Å². The second kappa shape index (κ2) is 4.40. The van der Waals surface area contributed by atoms with Gasteiger partial charge >= 0.3 is 5.97 Å². The number of aromatic nitrogens is 4. The van der Waals surface area contributed by atoms with Crippen molar-refractivity contribution in [2.24, 2.45) is 0 Å². The Bertz CT molecular complexity index is 505. The molecule has 0 aromatic carbocycles. The van der Waals surface area contributed by atoms with Crippen LogP contribution in [0.25, 0.3) is 10.7 Å². The number of thiophene rings is 1. The molecule has 2 aromatic heterocycles. The minimum absolute atomic E-state index is 0.0236. The van der Waals surface area contributed by atoms with Crippen molar-refractivity contribution in [1.29, 1.82) is 0 Å². The van der Waals surface area contributed by atoms with E-state index in [-0.39, 0.29) is 12.5 Å². The number of ether oxygens (including phenoxy) is 1. The van der Waals surface area contributed by atoms with E-state index in [2.05, 4.69) is 20.3 Å². The van der Waals surface area contributed by atoms with Crippen LogP contribution in [0.4, 0.5) is 0 Å². The molecule has 2 aromatic rings. The van der Waals surface area contributed by atoms with E-state index in [1.165, 1.54) is 11.8 Å². The zero-order valence-corrected chi connectivity index (χ0v) is 9.69. The fourth-order valence-corrected chi connectivity index (χ4v) is 2.11. The summed E-state index contributed by atoms with van der Waals surface area (Å²) in [6.45, 7) is 2.02. The molecule has 0 N–H and O–H groups in total. The van der Waals surface area contributed by atoms with E-state index in [0.717, 1.165) is 10.4 Å². The highest BCUT2D eigenvalue weighted by Gasteiger charge is 2.13. The Morgan fingerprint density at radius 1 is 1.62 bits per heavy atom. The number of methoxy groups -OCH3 is 1. The van der Waals surface area contributed by atoms with Gasteiger partial charge in [0.15, 0.2) is 5.82 Å². The third-order valence-corrected chi connectivity index (χ3v) is 3.03. The van der Waals surface area contributed by atoms with Crippen molar-refractivity contribution in [2.75, 3.05) is 7.11 Å². The average Bonchev–Trinajstić information content (AvgIpc) is 2.86. The summed E-state index contributed by atoms with van der Waals surface area (Å²) in [6.07, 6.45) is 0. The Morgan fingerprint density at radius 2 is 2.44 bits per heavy atom. The lowest BCUT2D eigenvalue weighted by Gasteiger charge is -2.00. The Hall–Kier alpha value is -1.76. The number of nitrogens with zero attached hydrogens (tertiary/aromatic N) is 4. The van der Waals surface area contributed by atoms with Gasteiger partial charge in [-0.2, -0.15) is 0 Å². The second-order valence-electron chi connectivity index (χ2n) is 3.22. The molecular weight excluding hydrogens is 228 g/mol. The van der Waals surface area contributed by atoms with Crippen molar-refractivity contribution in [3.05, 3.63) is 17.0 Å². The Balaban J connectivity index is 2.29. The van der Waals surface area contributed by atoms with Gasteiger partial charge < -0.3 is 4.74 Å². The van der Waals surface area contributed by atoms with Gasteiger partial charge in [-0.25, -0.2) is 4.68 Å². The maximum absolute atomic E-state index is 11.1. The molecule has 16 heavy (non-hydrogen) atoms. The van der Waals surface area contributed by atoms with E-state index < -0.39 is 0 Å². The fourth-order valence-electron chi connectivity index (χ4n) is 1.22. The van der Waals surface area contributed by atoms with Crippen LogP contribution in [-0.4, -0.2) is 33.3 Å². The summed E-state index contributed by atoms with van der Waals surface area (Å²) in [5.74, 6) is 0.213. The van der Waals surface area contributed by atoms with Crippen LogP contribution in [-0.2, 0) is 16.1 Å². The zero-order chi connectivity index (χ0) is 11.5. The standard InChI is InChI=1S/C9H10N4O2S/c1-6-3-7(16-5-6)9-10-11-12-13(9)4-8(14)15-2/h3,5H,4H2,1-2H3. The van der Waals surface area contributed by atoms with Gasteiger partial charge in [-0.05, 0) is 34.4 Å². The maximum Gasteiger partial charge on any atom is 0.327 e. The van der Waals surface area contributed by atoms with Crippen LogP contribution in [0, 0.1) is 6.92 Å². The number of hydrogen-bond donors (Lipinski definition) is 0. The van der Waals surface area contributed by atoms with Crippen LogP contribution < -0.4 is 0 Å². The van der Waals surface area contributed by atoms with Crippen LogP contribution in [0.1, 0.15) is 5.56 Å². The van der Waals surface area contributed by atoms with Crippen LogP contribution in [0.5, 0.6) is 0 Å². The summed E-state index contributed by atoms with van der Waals surface area (Å²) in [5, 5.41) is 13.2. The molecule has 0 saturated heterocycles. The molecule has 0 aliphatic rings. The van der Waals surface area contributed by atoms with E-state index >= 15 is 0 Å². The van der Waals surface area contributed by atoms with Gasteiger partial charge in [-0.3, -0.25) is 4.79 Å². The Kier molecular flexibility index (Phi) is 2.95. The molecule has 2 heterocycles. The van der Waals surface area contributed by atoms with E-state index in [1.807, 2.05) is 18.4 Å². The number of aryl methyl sites for hydroxylation is 1. The first kappa shape index (κ1) is 10.7. The largest absolute Gasteiger partial charge is 0.468 e. The molecule has 0 atom stereocenters. The lowest BCUT2D eigenvalue weighted by molar-refractivity contribution is -0.141. The monoisotopic (exact) mass is 238 g/mol. The molecule has 0 bridgehead atoms. The van der Waals surface area contributed by atoms with Crippen molar-refractivity contribution >= 4 is 17.3 Å². The highest BCUT2D eigenvalue weighted by molar-refractivity contribution is 7.13. The maximum atomic E-state index is 11.1. The molecular formula is C9H10N4O2S. The number of hydrogen-bond acceptors (Lipinski definition) is 6. The number of tetrazole rings is 1. The smallest absolute Gasteiger partial charge is 0.327 e. The number of carbonyl (C=O) groups excluding carboxylic acids is 1. The van der Waals surface area contributed by atoms with Gasteiger partial charge in [0.1, 0.15) is 6.54 Å². The first-order valence-corrected chi connectivity index (χ1v) is 5.47. The van der Waals surface area contributed by atoms with Gasteiger partial charge in [0, 0.05) is 0 Å². The molecule has 0 saturated carbocycles. The average molecular weight is 238 g/mol. The molecule has 0 amide bonds. The van der Waals surface area contributed by atoms with Crippen LogP contribution >= 0.6 is 11.3 Å². The summed E-state index contributed by atoms with van der Waals surface area (Å²) in [6, 6.07) is 1.98. The summed E-state index contributed by atoms with van der Waals surface area (Å²) in [4.78, 5) is 12.1. The SMILES string of the molecule is COC(=O)Cn1nnnc1-c1cc(C)cs1. The molecule has 6 nitrogen and oxygen atoms in total. The Morgan fingerprint density at radius 3 is 3.06 bits per heavy atom. The normalized spacial score (nSPS) is 10.4. The summed E-state index contributed by atoms with van der Waals surface area (Å²) < 4.78 is 6.00. The van der Waals surface area contributed by atoms with Crippen LogP contribution in [0.15, 0.2) is 11.4 Å². The van der Waals surface area contributed by atoms with Crippen LogP contribution in [0.2, 0.25) is 0 Å². The highest BCUT2D eigenvalue weighted by atomic mass is 32.1. The quantitative estimate of drug-likeness (QED) is 0.742. The third kappa shape index (κ3) is 2.08. The first-order valence-electron chi connectivity index (χ1n) is 4.59. The predicted octanol–water partition coefficient (Wildman–Crippen LogP) is 0.883. The minimum atomic E-state index is -0.373. The lowest BCUT2D eigenvalue weighted by Crippen LogP contribution is -2.13. The molecule has 0 unspecified atom stereocenters. The molecule has 2 rings (SSSR count). The van der Waals surface area contributed by atoms with E-state index in [1.54, 1.807) is 11.3 Å². The van der Waals surface area contributed by atoms with Crippen LogP contribution in [0.3, 0.4) is 0 Å². The number of carbonyl (C=O) groups is 1. The molecule has 0 radical (unpaired) electrons. The molecule has 0 aliphatic carbocycles. The summed E-state index contributed by atoms with van der Waals surface area (Å²) >= 11 is 1.54. The molecule has 0 fully saturated rings. The third-order valence-electron chi connectivity index (χ3n) is 1.99. The highest BCUT2D eigenvalue weighted by Crippen LogP contribution is 2.24. The van der Waals surface area contributed by atoms with Crippen molar-refractivity contribution in [3.63, 3.8) is 0 Å². The van der Waals surface area contributed by atoms with E-state index in [9.17, 15) is 4.79 Å². The van der Waals surface area contributed by atoms with Gasteiger partial charge in [-0.1, -0.05) is 0 Å². The predicted molar refractivity (Wildman–Crippen MR) is 57.9 cm³/mol. The fraction of sp³-hybridized carbons (Fsp3) is 0.333. The van der Waals surface area contributed by atoms with Gasteiger partial charge in [0.2, 0.25) is 0 Å². The topological polar surface area (TPSA) is 69.9 Å². The number of rotatable bonds is 3. The summed E-state index contributed by atoms with van der Waals surface area (Å²) in [5.41, 5.74) is 1.15. The minimum Gasteiger partial charge on any atom is -0.468 e. The van der Waals surface area contributed by atoms with Gasteiger partial charge in [0.25, 0.3) is 0 Å². The Labute approximate surface area is 95.8 Å². The van der Waals surface area contributed by atoms with Gasteiger partial charge in [-0.15, -0.1) is 16.4 Å². The summed E-state index contributed by atoms with van der Waals surface area (Å²) in [7, 11) is 1.33. The molecule has 0 aliphatic heterocycles. The zero-order valence-electron chi connectivity index (χ0n) is 8.88. The molecule has 84 valence electrons. The van der Waals surface area contributed by atoms with Crippen molar-refractivity contribution in [3.8, 4) is 10.7 Å². The van der Waals surface area contributed by atoms with Crippen molar-refractivity contribution in [1.82, 2.24) is 20.2 Å². The molecule has 7 heteroatoms. The van der Waals surface area contributed by atoms with Gasteiger partial charge in [0.05, 0.1) is 12.0 Å². The van der Waals surface area contributed by atoms with E-state index in [4.69, 9.17) is 0 Å². The van der Waals surface area contributed by atoms with E-state index in [0.29, 0.717) is 5.82 Å². The number of esters is 1. The molecule has 0 spiro atoms. The second-order valence-corrected chi connectivity index (χ2v) is 4.14.